The molecule has 128 valence electrons. The highest BCUT2D eigenvalue weighted by Gasteiger charge is 2.33. The van der Waals surface area contributed by atoms with Gasteiger partial charge in [-0.25, -0.2) is 0 Å². The predicted molar refractivity (Wildman–Crippen MR) is 89.6 cm³/mol. The van der Waals surface area contributed by atoms with E-state index in [1.807, 2.05) is 0 Å². The van der Waals surface area contributed by atoms with Crippen LogP contribution in [-0.2, 0) is 14.9 Å². The fourth-order valence-corrected chi connectivity index (χ4v) is 3.30. The quantitative estimate of drug-likeness (QED) is 0.706. The van der Waals surface area contributed by atoms with Crippen LogP contribution in [0.4, 0.5) is 5.69 Å². The van der Waals surface area contributed by atoms with Gasteiger partial charge in [-0.3, -0.25) is 18.9 Å². The van der Waals surface area contributed by atoms with Gasteiger partial charge < -0.3 is 4.90 Å². The molecule has 25 heavy (non-hydrogen) atoms. The van der Waals surface area contributed by atoms with Crippen LogP contribution >= 0.6 is 0 Å². The van der Waals surface area contributed by atoms with Gasteiger partial charge in [0.15, 0.2) is 17.3 Å². The molecule has 0 radical (unpaired) electrons. The molecule has 0 aromatic heterocycles. The van der Waals surface area contributed by atoms with Gasteiger partial charge in [-0.1, -0.05) is 36.4 Å². The molecular formula is C17H13NO6S. The first kappa shape index (κ1) is 17.0. The summed E-state index contributed by atoms with van der Waals surface area (Å²) in [6.07, 6.45) is 0. The number of rotatable bonds is 3. The van der Waals surface area contributed by atoms with Crippen LogP contribution in [0, 0.1) is 0 Å². The van der Waals surface area contributed by atoms with Gasteiger partial charge in [-0.2, -0.15) is 8.42 Å². The third kappa shape index (κ3) is 2.97. The molecule has 1 aliphatic rings. The van der Waals surface area contributed by atoms with Gasteiger partial charge in [-0.15, -0.1) is 0 Å². The van der Waals surface area contributed by atoms with E-state index in [-0.39, 0.29) is 33.7 Å². The van der Waals surface area contributed by atoms with Crippen molar-refractivity contribution in [2.45, 2.75) is 0 Å². The van der Waals surface area contributed by atoms with Crippen LogP contribution in [0.15, 0.2) is 42.5 Å². The summed E-state index contributed by atoms with van der Waals surface area (Å²) < 4.78 is 30.7. The van der Waals surface area contributed by atoms with Crippen molar-refractivity contribution in [1.82, 2.24) is 0 Å². The summed E-state index contributed by atoms with van der Waals surface area (Å²) in [5.74, 6) is -2.81. The Morgan fingerprint density at radius 2 is 1.52 bits per heavy atom. The lowest BCUT2D eigenvalue weighted by molar-refractivity contribution is -0.116. The van der Waals surface area contributed by atoms with Crippen molar-refractivity contribution in [3.05, 3.63) is 64.7 Å². The summed E-state index contributed by atoms with van der Waals surface area (Å²) in [5.41, 5.74) is 0.802. The minimum atomic E-state index is -4.51. The van der Waals surface area contributed by atoms with Gasteiger partial charge in [0.05, 0.1) is 11.3 Å². The fraction of sp³-hybridized carbons (Fsp3) is 0.118. The summed E-state index contributed by atoms with van der Waals surface area (Å²) in [5, 5.41) is 0. The maximum atomic E-state index is 12.8. The highest BCUT2D eigenvalue weighted by atomic mass is 32.2. The van der Waals surface area contributed by atoms with Crippen LogP contribution in [0.25, 0.3) is 0 Å². The molecule has 2 aromatic rings. The Balaban J connectivity index is 2.13. The van der Waals surface area contributed by atoms with E-state index in [0.29, 0.717) is 0 Å². The van der Waals surface area contributed by atoms with Gasteiger partial charge in [0.1, 0.15) is 0 Å². The molecule has 0 fully saturated rings. The highest BCUT2D eigenvalue weighted by molar-refractivity contribution is 7.86. The first-order valence-corrected chi connectivity index (χ1v) is 8.85. The maximum absolute atomic E-state index is 12.8. The Morgan fingerprint density at radius 3 is 2.12 bits per heavy atom. The summed E-state index contributed by atoms with van der Waals surface area (Å²) in [4.78, 5) is 38.5. The number of nitrogens with zero attached hydrogens (tertiary/aromatic N) is 1. The smallest absolute Gasteiger partial charge is 0.274 e. The second-order valence-electron chi connectivity index (χ2n) is 5.58. The van der Waals surface area contributed by atoms with Crippen molar-refractivity contribution in [3.8, 4) is 0 Å². The van der Waals surface area contributed by atoms with E-state index < -0.39 is 27.6 Å². The predicted octanol–water partition coefficient (Wildman–Crippen LogP) is 1.31. The average Bonchev–Trinajstić information content (AvgIpc) is 2.57. The van der Waals surface area contributed by atoms with Crippen LogP contribution in [0.5, 0.6) is 0 Å². The van der Waals surface area contributed by atoms with Crippen molar-refractivity contribution < 1.29 is 27.4 Å². The minimum absolute atomic E-state index is 0.0392. The molecule has 3 rings (SSSR count). The fourth-order valence-electron chi connectivity index (χ4n) is 2.79. The zero-order chi connectivity index (χ0) is 18.4. The Bertz CT molecular complexity index is 1030. The van der Waals surface area contributed by atoms with E-state index >= 15 is 0 Å². The zero-order valence-electron chi connectivity index (χ0n) is 13.1. The van der Waals surface area contributed by atoms with Crippen LogP contribution in [0.3, 0.4) is 0 Å². The van der Waals surface area contributed by atoms with Crippen LogP contribution in [0.2, 0.25) is 0 Å². The third-order valence-corrected chi connectivity index (χ3v) is 4.58. The maximum Gasteiger partial charge on any atom is 0.274 e. The summed E-state index contributed by atoms with van der Waals surface area (Å²) in [6, 6.07) is 10.8. The highest BCUT2D eigenvalue weighted by Crippen LogP contribution is 2.33. The largest absolute Gasteiger partial charge is 0.314 e. The molecule has 8 heteroatoms. The molecule has 1 aliphatic carbocycles. The Kier molecular flexibility index (Phi) is 4.02. The van der Waals surface area contributed by atoms with Gasteiger partial charge in [0, 0.05) is 23.7 Å². The van der Waals surface area contributed by atoms with Gasteiger partial charge >= 0.3 is 0 Å². The number of fused-ring (bicyclic) bond motifs is 2. The molecule has 0 spiro atoms. The summed E-state index contributed by atoms with van der Waals surface area (Å²) in [7, 11) is -3.23. The van der Waals surface area contributed by atoms with E-state index in [9.17, 15) is 22.8 Å². The van der Waals surface area contributed by atoms with E-state index in [2.05, 4.69) is 0 Å². The Hall–Kier alpha value is -2.84. The number of anilines is 1. The average molecular weight is 359 g/mol. The second kappa shape index (κ2) is 5.91. The third-order valence-electron chi connectivity index (χ3n) is 3.97. The summed E-state index contributed by atoms with van der Waals surface area (Å²) in [6.45, 7) is 0. The lowest BCUT2D eigenvalue weighted by Gasteiger charge is -2.24. The van der Waals surface area contributed by atoms with Gasteiger partial charge in [0.25, 0.3) is 10.1 Å². The van der Waals surface area contributed by atoms with E-state index in [4.69, 9.17) is 4.55 Å². The van der Waals surface area contributed by atoms with Crippen molar-refractivity contribution in [2.24, 2.45) is 0 Å². The normalized spacial score (nSPS) is 13.2. The lowest BCUT2D eigenvalue weighted by Crippen LogP contribution is -2.34. The zero-order valence-corrected chi connectivity index (χ0v) is 13.9. The standard InChI is InChI=1S/C17H13NO6S/c1-18(14(19)9-25(22,23)24)13-8-4-7-12-15(13)17(21)11-6-3-2-5-10(11)16(12)20/h2-8H,9H2,1H3,(H,22,23,24). The van der Waals surface area contributed by atoms with Crippen molar-refractivity contribution in [2.75, 3.05) is 17.7 Å². The number of carbonyl (C=O) groups is 3. The molecular weight excluding hydrogens is 346 g/mol. The van der Waals surface area contributed by atoms with Crippen LogP contribution < -0.4 is 4.90 Å². The van der Waals surface area contributed by atoms with Gasteiger partial charge in [0.2, 0.25) is 5.91 Å². The molecule has 0 atom stereocenters. The number of hydrogen-bond donors (Lipinski definition) is 1. The van der Waals surface area contributed by atoms with Gasteiger partial charge in [-0.05, 0) is 6.07 Å². The Labute approximate surface area is 143 Å². The molecule has 0 saturated carbocycles. The number of benzene rings is 2. The molecule has 0 unspecified atom stereocenters. The second-order valence-corrected chi connectivity index (χ2v) is 7.04. The molecule has 7 nitrogen and oxygen atoms in total. The van der Waals surface area contributed by atoms with Crippen LogP contribution in [-0.4, -0.2) is 43.2 Å². The molecule has 2 aromatic carbocycles. The van der Waals surface area contributed by atoms with Crippen LogP contribution in [0.1, 0.15) is 31.8 Å². The van der Waals surface area contributed by atoms with Crippen molar-refractivity contribution >= 4 is 33.3 Å². The lowest BCUT2D eigenvalue weighted by atomic mass is 9.83. The molecule has 1 amide bonds. The SMILES string of the molecule is CN(C(=O)CS(=O)(=O)O)c1cccc2c1C(=O)c1ccccc1C2=O. The number of amides is 1. The minimum Gasteiger partial charge on any atom is -0.314 e. The molecule has 1 N–H and O–H groups in total. The number of carbonyl (C=O) groups excluding carboxylic acids is 3. The van der Waals surface area contributed by atoms with Crippen molar-refractivity contribution in [1.29, 1.82) is 0 Å². The number of ketones is 2. The van der Waals surface area contributed by atoms with E-state index in [0.717, 1.165) is 4.90 Å². The first-order chi connectivity index (χ1) is 11.7. The molecule has 0 saturated heterocycles. The topological polar surface area (TPSA) is 109 Å². The molecule has 0 aliphatic heterocycles. The summed E-state index contributed by atoms with van der Waals surface area (Å²) >= 11 is 0. The molecule has 0 bridgehead atoms. The first-order valence-electron chi connectivity index (χ1n) is 7.24. The van der Waals surface area contributed by atoms with Crippen molar-refractivity contribution in [3.63, 3.8) is 0 Å². The number of hydrogen-bond acceptors (Lipinski definition) is 5. The Morgan fingerprint density at radius 1 is 0.960 bits per heavy atom. The monoisotopic (exact) mass is 359 g/mol. The van der Waals surface area contributed by atoms with E-state index in [1.54, 1.807) is 18.2 Å². The van der Waals surface area contributed by atoms with E-state index in [1.165, 1.54) is 31.3 Å². The molecule has 0 heterocycles.